The molecule has 16 heavy (non-hydrogen) atoms. The van der Waals surface area contributed by atoms with Crippen molar-refractivity contribution in [2.45, 2.75) is 12.8 Å². The Hall–Kier alpha value is -1.83. The average Bonchev–Trinajstić information content (AvgIpc) is 2.30. The first-order valence-electron chi connectivity index (χ1n) is 5.21. The van der Waals surface area contributed by atoms with E-state index in [0.717, 1.165) is 11.1 Å². The van der Waals surface area contributed by atoms with Crippen LogP contribution in [0.15, 0.2) is 48.5 Å². The highest BCUT2D eigenvalue weighted by Crippen LogP contribution is 2.25. The lowest BCUT2D eigenvalue weighted by Gasteiger charge is -2.12. The molecule has 0 aliphatic rings. The van der Waals surface area contributed by atoms with Gasteiger partial charge in [-0.25, -0.2) is 4.39 Å². The lowest BCUT2D eigenvalue weighted by Crippen LogP contribution is -1.95. The van der Waals surface area contributed by atoms with Gasteiger partial charge in [0, 0.05) is 5.92 Å². The fraction of sp³-hybridized carbons (Fsp3) is 0.143. The summed E-state index contributed by atoms with van der Waals surface area (Å²) in [5.41, 5.74) is 2.16. The Morgan fingerprint density at radius 3 is 1.81 bits per heavy atom. The lowest BCUT2D eigenvalue weighted by atomic mass is 9.93. The van der Waals surface area contributed by atoms with Gasteiger partial charge in [0.1, 0.15) is 11.6 Å². The second kappa shape index (κ2) is 4.35. The Labute approximate surface area is 94.2 Å². The molecule has 1 N–H and O–H groups in total. The molecule has 2 aromatic rings. The van der Waals surface area contributed by atoms with E-state index in [-0.39, 0.29) is 17.5 Å². The summed E-state index contributed by atoms with van der Waals surface area (Å²) in [4.78, 5) is 0. The summed E-state index contributed by atoms with van der Waals surface area (Å²) in [6, 6.07) is 13.6. The van der Waals surface area contributed by atoms with E-state index in [2.05, 4.69) is 6.92 Å². The number of hydrogen-bond donors (Lipinski definition) is 1. The maximum absolute atomic E-state index is 12.8. The predicted molar refractivity (Wildman–Crippen MR) is 62.0 cm³/mol. The summed E-state index contributed by atoms with van der Waals surface area (Å²) < 4.78 is 12.8. The summed E-state index contributed by atoms with van der Waals surface area (Å²) in [5, 5.41) is 9.20. The molecule has 1 unspecified atom stereocenters. The monoisotopic (exact) mass is 216 g/mol. The minimum atomic E-state index is -0.221. The van der Waals surface area contributed by atoms with E-state index in [9.17, 15) is 9.50 Å². The van der Waals surface area contributed by atoms with Crippen molar-refractivity contribution in [2.24, 2.45) is 0 Å². The highest BCUT2D eigenvalue weighted by atomic mass is 19.1. The fourth-order valence-electron chi connectivity index (χ4n) is 1.71. The van der Waals surface area contributed by atoms with Crippen molar-refractivity contribution in [3.63, 3.8) is 0 Å². The molecule has 0 fully saturated rings. The number of rotatable bonds is 2. The third kappa shape index (κ3) is 2.22. The number of aromatic hydroxyl groups is 1. The number of phenols is 1. The third-order valence-corrected chi connectivity index (χ3v) is 2.76. The molecule has 0 spiro atoms. The van der Waals surface area contributed by atoms with E-state index < -0.39 is 0 Å². The van der Waals surface area contributed by atoms with Crippen LogP contribution < -0.4 is 0 Å². The first-order valence-corrected chi connectivity index (χ1v) is 5.21. The van der Waals surface area contributed by atoms with Gasteiger partial charge in [0.05, 0.1) is 0 Å². The lowest BCUT2D eigenvalue weighted by molar-refractivity contribution is 0.475. The van der Waals surface area contributed by atoms with Crippen molar-refractivity contribution in [2.75, 3.05) is 0 Å². The second-order valence-corrected chi connectivity index (χ2v) is 3.86. The number of halogens is 1. The molecule has 2 aromatic carbocycles. The van der Waals surface area contributed by atoms with Crippen LogP contribution in [0.5, 0.6) is 5.75 Å². The Bertz CT molecular complexity index is 414. The summed E-state index contributed by atoms with van der Waals surface area (Å²) in [6.45, 7) is 2.06. The van der Waals surface area contributed by atoms with Gasteiger partial charge in [-0.3, -0.25) is 0 Å². The molecule has 0 aromatic heterocycles. The van der Waals surface area contributed by atoms with Gasteiger partial charge in [0.25, 0.3) is 0 Å². The standard InChI is InChI=1S/C14H13FO/c1-10(11-2-6-13(15)7-3-11)12-4-8-14(16)9-5-12/h2-10,16H,1H3. The average molecular weight is 216 g/mol. The maximum Gasteiger partial charge on any atom is 0.123 e. The van der Waals surface area contributed by atoms with Gasteiger partial charge in [-0.15, -0.1) is 0 Å². The fourth-order valence-corrected chi connectivity index (χ4v) is 1.71. The molecule has 0 aliphatic carbocycles. The molecule has 0 radical (unpaired) electrons. The van der Waals surface area contributed by atoms with Crippen molar-refractivity contribution in [1.29, 1.82) is 0 Å². The van der Waals surface area contributed by atoms with Crippen LogP contribution in [-0.4, -0.2) is 5.11 Å². The van der Waals surface area contributed by atoms with Crippen LogP contribution in [0.1, 0.15) is 24.0 Å². The zero-order valence-corrected chi connectivity index (χ0v) is 9.02. The summed E-state index contributed by atoms with van der Waals surface area (Å²) >= 11 is 0. The van der Waals surface area contributed by atoms with Gasteiger partial charge in [0.2, 0.25) is 0 Å². The van der Waals surface area contributed by atoms with E-state index in [0.29, 0.717) is 0 Å². The molecule has 2 heteroatoms. The van der Waals surface area contributed by atoms with Crippen LogP contribution in [0.3, 0.4) is 0 Å². The zero-order chi connectivity index (χ0) is 11.5. The SMILES string of the molecule is CC(c1ccc(O)cc1)c1ccc(F)cc1. The minimum absolute atomic E-state index is 0.196. The van der Waals surface area contributed by atoms with Crippen LogP contribution in [0.2, 0.25) is 0 Å². The van der Waals surface area contributed by atoms with E-state index in [1.54, 1.807) is 24.3 Å². The molecular weight excluding hydrogens is 203 g/mol. The highest BCUT2D eigenvalue weighted by molar-refractivity contribution is 5.34. The van der Waals surface area contributed by atoms with Crippen molar-refractivity contribution in [1.82, 2.24) is 0 Å². The van der Waals surface area contributed by atoms with Crippen molar-refractivity contribution >= 4 is 0 Å². The van der Waals surface area contributed by atoms with Gasteiger partial charge >= 0.3 is 0 Å². The Morgan fingerprint density at radius 1 is 0.875 bits per heavy atom. The Kier molecular flexibility index (Phi) is 2.91. The molecule has 2 rings (SSSR count). The number of hydrogen-bond acceptors (Lipinski definition) is 1. The van der Waals surface area contributed by atoms with Crippen molar-refractivity contribution in [3.8, 4) is 5.75 Å². The molecule has 0 aliphatic heterocycles. The first-order chi connectivity index (χ1) is 7.66. The van der Waals surface area contributed by atoms with Crippen LogP contribution in [-0.2, 0) is 0 Å². The Balaban J connectivity index is 2.28. The summed E-state index contributed by atoms with van der Waals surface area (Å²) in [7, 11) is 0. The Morgan fingerprint density at radius 2 is 1.31 bits per heavy atom. The van der Waals surface area contributed by atoms with Gasteiger partial charge in [-0.05, 0) is 35.4 Å². The smallest absolute Gasteiger partial charge is 0.123 e. The molecule has 0 amide bonds. The predicted octanol–water partition coefficient (Wildman–Crippen LogP) is 3.68. The van der Waals surface area contributed by atoms with Gasteiger partial charge in [-0.2, -0.15) is 0 Å². The number of benzene rings is 2. The third-order valence-electron chi connectivity index (χ3n) is 2.76. The quantitative estimate of drug-likeness (QED) is 0.811. The van der Waals surface area contributed by atoms with Gasteiger partial charge in [-0.1, -0.05) is 31.2 Å². The molecule has 0 bridgehead atoms. The van der Waals surface area contributed by atoms with Crippen LogP contribution in [0, 0.1) is 5.82 Å². The van der Waals surface area contributed by atoms with E-state index in [4.69, 9.17) is 0 Å². The molecule has 1 atom stereocenters. The summed E-state index contributed by atoms with van der Waals surface area (Å²) in [5.74, 6) is 0.234. The van der Waals surface area contributed by atoms with E-state index in [1.807, 2.05) is 12.1 Å². The molecular formula is C14H13FO. The zero-order valence-electron chi connectivity index (χ0n) is 9.02. The maximum atomic E-state index is 12.8. The minimum Gasteiger partial charge on any atom is -0.508 e. The summed E-state index contributed by atoms with van der Waals surface area (Å²) in [6.07, 6.45) is 0. The van der Waals surface area contributed by atoms with Gasteiger partial charge in [0.15, 0.2) is 0 Å². The molecule has 82 valence electrons. The molecule has 1 nitrogen and oxygen atoms in total. The second-order valence-electron chi connectivity index (χ2n) is 3.86. The number of phenolic OH excluding ortho intramolecular Hbond substituents is 1. The van der Waals surface area contributed by atoms with Crippen LogP contribution >= 0.6 is 0 Å². The van der Waals surface area contributed by atoms with Crippen LogP contribution in [0.25, 0.3) is 0 Å². The molecule has 0 saturated heterocycles. The molecule has 0 saturated carbocycles. The van der Waals surface area contributed by atoms with E-state index >= 15 is 0 Å². The van der Waals surface area contributed by atoms with Crippen molar-refractivity contribution in [3.05, 3.63) is 65.5 Å². The topological polar surface area (TPSA) is 20.2 Å². The normalized spacial score (nSPS) is 12.4. The van der Waals surface area contributed by atoms with Crippen LogP contribution in [0.4, 0.5) is 4.39 Å². The first kappa shape index (κ1) is 10.7. The highest BCUT2D eigenvalue weighted by Gasteiger charge is 2.07. The molecule has 0 heterocycles. The van der Waals surface area contributed by atoms with E-state index in [1.165, 1.54) is 12.1 Å². The van der Waals surface area contributed by atoms with Gasteiger partial charge < -0.3 is 5.11 Å². The largest absolute Gasteiger partial charge is 0.508 e. The van der Waals surface area contributed by atoms with Crippen molar-refractivity contribution < 1.29 is 9.50 Å².